The second-order valence-corrected chi connectivity index (χ2v) is 12.1. The standard InChI is InChI=1S/C27H46N2O5/c1-10-17-12-13-18-21(20(17)25(33)34-11-2)24(32)29(19(14-30)16(3)4)22(18)23(31)28-27(8,9)15-26(5,6)7/h12-13,16-22,30H,10-11,14-15H2,1-9H3,(H,28,31)/t17-,18+,19+,20-,21+,22+/m1/s1. The lowest BCUT2D eigenvalue weighted by atomic mass is 9.69. The summed E-state index contributed by atoms with van der Waals surface area (Å²) in [5, 5.41) is 13.4. The molecule has 0 saturated carbocycles. The first-order chi connectivity index (χ1) is 15.7. The molecule has 2 amide bonds. The van der Waals surface area contributed by atoms with Gasteiger partial charge in [0.1, 0.15) is 6.04 Å². The van der Waals surface area contributed by atoms with E-state index in [1.54, 1.807) is 11.8 Å². The number of fused-ring (bicyclic) bond motifs is 1. The monoisotopic (exact) mass is 478 g/mol. The number of nitrogens with one attached hydrogen (secondary N) is 1. The number of carbonyl (C=O) groups is 3. The van der Waals surface area contributed by atoms with Gasteiger partial charge in [-0.05, 0) is 50.9 Å². The summed E-state index contributed by atoms with van der Waals surface area (Å²) in [4.78, 5) is 42.3. The fourth-order valence-corrected chi connectivity index (χ4v) is 6.15. The van der Waals surface area contributed by atoms with E-state index in [1.807, 2.05) is 46.8 Å². The molecule has 0 bridgehead atoms. The van der Waals surface area contributed by atoms with Crippen LogP contribution in [-0.4, -0.2) is 58.6 Å². The van der Waals surface area contributed by atoms with E-state index in [0.29, 0.717) is 6.42 Å². The van der Waals surface area contributed by atoms with Crippen molar-refractivity contribution in [3.05, 3.63) is 12.2 Å². The minimum atomic E-state index is -0.790. The first-order valence-electron chi connectivity index (χ1n) is 12.8. The van der Waals surface area contributed by atoms with E-state index >= 15 is 0 Å². The molecule has 0 unspecified atom stereocenters. The minimum absolute atomic E-state index is 0.00413. The third kappa shape index (κ3) is 6.02. The number of esters is 1. The van der Waals surface area contributed by atoms with Crippen LogP contribution in [0.5, 0.6) is 0 Å². The van der Waals surface area contributed by atoms with Crippen LogP contribution < -0.4 is 5.32 Å². The Morgan fingerprint density at radius 1 is 1.15 bits per heavy atom. The Labute approximate surface area is 205 Å². The Hall–Kier alpha value is -1.89. The molecule has 6 atom stereocenters. The Morgan fingerprint density at radius 3 is 2.24 bits per heavy atom. The Morgan fingerprint density at radius 2 is 1.76 bits per heavy atom. The van der Waals surface area contributed by atoms with Crippen molar-refractivity contribution in [3.8, 4) is 0 Å². The van der Waals surface area contributed by atoms with Crippen LogP contribution in [0.15, 0.2) is 12.2 Å². The molecular formula is C27H46N2O5. The Kier molecular flexibility index (Phi) is 9.00. The average Bonchev–Trinajstić information content (AvgIpc) is 2.98. The number of hydrogen-bond acceptors (Lipinski definition) is 5. The molecule has 2 rings (SSSR count). The lowest BCUT2D eigenvalue weighted by Gasteiger charge is -2.39. The molecular weight excluding hydrogens is 432 g/mol. The first kappa shape index (κ1) is 28.3. The van der Waals surface area contributed by atoms with Crippen molar-refractivity contribution in [2.75, 3.05) is 13.2 Å². The minimum Gasteiger partial charge on any atom is -0.466 e. The van der Waals surface area contributed by atoms with Crippen LogP contribution in [0.2, 0.25) is 0 Å². The third-order valence-corrected chi connectivity index (χ3v) is 7.09. The molecule has 2 aliphatic rings. The van der Waals surface area contributed by atoms with Crippen LogP contribution >= 0.6 is 0 Å². The molecule has 1 saturated heterocycles. The van der Waals surface area contributed by atoms with E-state index in [1.165, 1.54) is 0 Å². The number of nitrogens with zero attached hydrogens (tertiary/aromatic N) is 1. The molecule has 1 heterocycles. The molecule has 0 spiro atoms. The van der Waals surface area contributed by atoms with Crippen LogP contribution in [0.1, 0.15) is 75.2 Å². The Balaban J connectivity index is 2.54. The van der Waals surface area contributed by atoms with Crippen molar-refractivity contribution in [2.45, 2.75) is 92.8 Å². The maximum absolute atomic E-state index is 13.9. The van der Waals surface area contributed by atoms with Gasteiger partial charge in [-0.2, -0.15) is 0 Å². The zero-order chi connectivity index (χ0) is 26.0. The molecule has 0 aromatic heterocycles. The molecule has 1 aliphatic heterocycles. The zero-order valence-electron chi connectivity index (χ0n) is 22.6. The molecule has 7 nitrogen and oxygen atoms in total. The summed E-state index contributed by atoms with van der Waals surface area (Å²) >= 11 is 0. The van der Waals surface area contributed by atoms with Gasteiger partial charge in [-0.1, -0.05) is 53.7 Å². The van der Waals surface area contributed by atoms with Gasteiger partial charge in [0.15, 0.2) is 0 Å². The highest BCUT2D eigenvalue weighted by atomic mass is 16.5. The molecule has 0 aromatic carbocycles. The number of rotatable bonds is 9. The fraction of sp³-hybridized carbons (Fsp3) is 0.815. The summed E-state index contributed by atoms with van der Waals surface area (Å²) in [5.41, 5.74) is -0.482. The SMILES string of the molecule is CCOC(=O)[C@H]1[C@H]2C(=O)N([C@@H](CO)C(C)C)[C@H](C(=O)NC(C)(C)CC(C)(C)C)[C@H]2C=C[C@H]1CC. The maximum Gasteiger partial charge on any atom is 0.310 e. The van der Waals surface area contributed by atoms with E-state index in [9.17, 15) is 19.5 Å². The highest BCUT2D eigenvalue weighted by Crippen LogP contribution is 2.46. The Bertz CT molecular complexity index is 782. The topological polar surface area (TPSA) is 95.9 Å². The van der Waals surface area contributed by atoms with Gasteiger partial charge < -0.3 is 20.1 Å². The van der Waals surface area contributed by atoms with Gasteiger partial charge >= 0.3 is 5.97 Å². The number of likely N-dealkylation sites (tertiary alicyclic amines) is 1. The van der Waals surface area contributed by atoms with Gasteiger partial charge in [0.25, 0.3) is 0 Å². The van der Waals surface area contributed by atoms with Crippen molar-refractivity contribution in [1.29, 1.82) is 0 Å². The van der Waals surface area contributed by atoms with Crippen molar-refractivity contribution in [1.82, 2.24) is 10.2 Å². The van der Waals surface area contributed by atoms with Crippen molar-refractivity contribution < 1.29 is 24.2 Å². The van der Waals surface area contributed by atoms with Crippen LogP contribution in [0.4, 0.5) is 0 Å². The van der Waals surface area contributed by atoms with Crippen molar-refractivity contribution in [3.63, 3.8) is 0 Å². The number of amides is 2. The first-order valence-corrected chi connectivity index (χ1v) is 12.8. The second kappa shape index (κ2) is 10.8. The lowest BCUT2D eigenvalue weighted by molar-refractivity contribution is -0.156. The van der Waals surface area contributed by atoms with Gasteiger partial charge in [0.05, 0.1) is 31.1 Å². The highest BCUT2D eigenvalue weighted by molar-refractivity contribution is 5.96. The zero-order valence-corrected chi connectivity index (χ0v) is 22.6. The fourth-order valence-electron chi connectivity index (χ4n) is 6.15. The van der Waals surface area contributed by atoms with Gasteiger partial charge in [0, 0.05) is 11.5 Å². The van der Waals surface area contributed by atoms with E-state index in [0.717, 1.165) is 6.42 Å². The number of aliphatic hydroxyl groups excluding tert-OH is 1. The number of hydrogen-bond donors (Lipinski definition) is 2. The third-order valence-electron chi connectivity index (χ3n) is 7.09. The molecule has 0 radical (unpaired) electrons. The summed E-state index contributed by atoms with van der Waals surface area (Å²) in [6.45, 7) is 18.0. The van der Waals surface area contributed by atoms with E-state index < -0.39 is 35.4 Å². The summed E-state index contributed by atoms with van der Waals surface area (Å²) in [5.74, 6) is -2.83. The predicted octanol–water partition coefficient (Wildman–Crippen LogP) is 3.55. The quantitative estimate of drug-likeness (QED) is 0.390. The van der Waals surface area contributed by atoms with E-state index in [-0.39, 0.29) is 48.2 Å². The number of ether oxygens (including phenoxy) is 1. The number of carbonyl (C=O) groups excluding carboxylic acids is 3. The molecule has 1 aliphatic carbocycles. The van der Waals surface area contributed by atoms with Gasteiger partial charge in [-0.3, -0.25) is 14.4 Å². The van der Waals surface area contributed by atoms with E-state index in [2.05, 4.69) is 26.1 Å². The summed E-state index contributed by atoms with van der Waals surface area (Å²) < 4.78 is 5.38. The normalized spacial score (nSPS) is 28.1. The summed E-state index contributed by atoms with van der Waals surface area (Å²) in [6, 6.07) is -1.31. The van der Waals surface area contributed by atoms with E-state index in [4.69, 9.17) is 4.74 Å². The molecule has 194 valence electrons. The number of allylic oxidation sites excluding steroid dienone is 1. The van der Waals surface area contributed by atoms with Gasteiger partial charge in [-0.25, -0.2) is 0 Å². The molecule has 7 heteroatoms. The van der Waals surface area contributed by atoms with Crippen molar-refractivity contribution in [2.24, 2.45) is 35.0 Å². The second-order valence-electron chi connectivity index (χ2n) is 12.1. The van der Waals surface area contributed by atoms with Crippen LogP contribution in [-0.2, 0) is 19.1 Å². The summed E-state index contributed by atoms with van der Waals surface area (Å²) in [6.07, 6.45) is 5.37. The number of aliphatic hydroxyl groups is 1. The smallest absolute Gasteiger partial charge is 0.310 e. The van der Waals surface area contributed by atoms with Crippen LogP contribution in [0.25, 0.3) is 0 Å². The lowest BCUT2D eigenvalue weighted by Crippen LogP contribution is -2.57. The highest BCUT2D eigenvalue weighted by Gasteiger charge is 2.59. The molecule has 2 N–H and O–H groups in total. The van der Waals surface area contributed by atoms with Crippen molar-refractivity contribution >= 4 is 17.8 Å². The maximum atomic E-state index is 13.9. The average molecular weight is 479 g/mol. The molecule has 0 aromatic rings. The summed E-state index contributed by atoms with van der Waals surface area (Å²) in [7, 11) is 0. The van der Waals surface area contributed by atoms with Gasteiger partial charge in [0.2, 0.25) is 11.8 Å². The predicted molar refractivity (Wildman–Crippen MR) is 133 cm³/mol. The van der Waals surface area contributed by atoms with Crippen LogP contribution in [0, 0.1) is 35.0 Å². The molecule has 1 fully saturated rings. The van der Waals surface area contributed by atoms with Gasteiger partial charge in [-0.15, -0.1) is 0 Å². The largest absolute Gasteiger partial charge is 0.466 e. The van der Waals surface area contributed by atoms with Crippen LogP contribution in [0.3, 0.4) is 0 Å². The molecule has 34 heavy (non-hydrogen) atoms.